The molecule has 6 heteroatoms. The summed E-state index contributed by atoms with van der Waals surface area (Å²) in [6, 6.07) is 3.30. The molecule has 1 amide bonds. The maximum absolute atomic E-state index is 11.7. The molecule has 19 heavy (non-hydrogen) atoms. The number of amides is 1. The van der Waals surface area contributed by atoms with E-state index in [0.29, 0.717) is 17.6 Å². The van der Waals surface area contributed by atoms with Crippen molar-refractivity contribution >= 4 is 17.7 Å². The first-order valence-electron chi connectivity index (χ1n) is 6.18. The smallest absolute Gasteiger partial charge is 0.335 e. The monoisotopic (exact) mass is 263 g/mol. The summed E-state index contributed by atoms with van der Waals surface area (Å²) in [5.41, 5.74) is 0.793. The average Bonchev–Trinajstić information content (AvgIpc) is 3.11. The van der Waals surface area contributed by atoms with Gasteiger partial charge in [-0.2, -0.15) is 0 Å². The molecular weight excluding hydrogens is 246 g/mol. The first kappa shape index (κ1) is 13.3. The van der Waals surface area contributed by atoms with Gasteiger partial charge in [0.2, 0.25) is 5.91 Å². The number of nitrogens with zero attached hydrogens (tertiary/aromatic N) is 2. The lowest BCUT2D eigenvalue weighted by molar-refractivity contribution is -0.119. The fraction of sp³-hybridized carbons (Fsp3) is 0.462. The van der Waals surface area contributed by atoms with Crippen LogP contribution in [0, 0.1) is 6.92 Å². The highest BCUT2D eigenvalue weighted by Crippen LogP contribution is 2.19. The van der Waals surface area contributed by atoms with Crippen molar-refractivity contribution in [1.82, 2.24) is 10.3 Å². The van der Waals surface area contributed by atoms with Crippen molar-refractivity contribution in [2.24, 2.45) is 0 Å². The van der Waals surface area contributed by atoms with E-state index in [0.717, 1.165) is 12.8 Å². The first-order chi connectivity index (χ1) is 8.95. The molecular formula is C13H17N3O3. The van der Waals surface area contributed by atoms with Crippen molar-refractivity contribution in [2.45, 2.75) is 25.8 Å². The molecule has 2 rings (SSSR count). The minimum Gasteiger partial charge on any atom is -0.478 e. The Morgan fingerprint density at radius 2 is 2.16 bits per heavy atom. The van der Waals surface area contributed by atoms with Crippen LogP contribution in [0.2, 0.25) is 0 Å². The minimum atomic E-state index is -0.998. The van der Waals surface area contributed by atoms with Gasteiger partial charge in [-0.05, 0) is 31.9 Å². The molecule has 102 valence electrons. The molecule has 2 N–H and O–H groups in total. The highest BCUT2D eigenvalue weighted by Gasteiger charge is 2.23. The molecule has 6 nitrogen and oxygen atoms in total. The van der Waals surface area contributed by atoms with Crippen LogP contribution in [-0.2, 0) is 4.79 Å². The number of pyridine rings is 1. The molecule has 1 aliphatic carbocycles. The number of carbonyl (C=O) groups excluding carboxylic acids is 1. The Morgan fingerprint density at radius 3 is 2.74 bits per heavy atom. The van der Waals surface area contributed by atoms with E-state index in [-0.39, 0.29) is 18.0 Å². The van der Waals surface area contributed by atoms with E-state index in [1.54, 1.807) is 18.9 Å². The zero-order chi connectivity index (χ0) is 14.0. The Labute approximate surface area is 111 Å². The molecule has 0 aromatic carbocycles. The number of aryl methyl sites for hydroxylation is 1. The highest BCUT2D eigenvalue weighted by atomic mass is 16.4. The van der Waals surface area contributed by atoms with Crippen LogP contribution in [0.15, 0.2) is 12.1 Å². The van der Waals surface area contributed by atoms with E-state index in [1.165, 1.54) is 12.1 Å². The third-order valence-electron chi connectivity index (χ3n) is 2.90. The van der Waals surface area contributed by atoms with Crippen molar-refractivity contribution in [2.75, 3.05) is 18.5 Å². The van der Waals surface area contributed by atoms with Gasteiger partial charge in [0.1, 0.15) is 5.82 Å². The SMILES string of the molecule is Cc1cc(C(=O)O)cc(N(C)CC(=O)NC2CC2)n1. The van der Waals surface area contributed by atoms with E-state index in [4.69, 9.17) is 5.11 Å². The van der Waals surface area contributed by atoms with Crippen LogP contribution in [0.3, 0.4) is 0 Å². The van der Waals surface area contributed by atoms with Gasteiger partial charge in [0, 0.05) is 18.8 Å². The topological polar surface area (TPSA) is 82.5 Å². The standard InChI is InChI=1S/C13H17N3O3/c1-8-5-9(13(18)19)6-11(14-8)16(2)7-12(17)15-10-3-4-10/h5-6,10H,3-4,7H2,1-2H3,(H,15,17)(H,18,19). The minimum absolute atomic E-state index is 0.0646. The summed E-state index contributed by atoms with van der Waals surface area (Å²) < 4.78 is 0. The number of carbonyl (C=O) groups is 2. The van der Waals surface area contributed by atoms with Gasteiger partial charge >= 0.3 is 5.97 Å². The summed E-state index contributed by atoms with van der Waals surface area (Å²) >= 11 is 0. The largest absolute Gasteiger partial charge is 0.478 e. The van der Waals surface area contributed by atoms with Crippen LogP contribution in [0.1, 0.15) is 28.9 Å². The summed E-state index contributed by atoms with van der Waals surface area (Å²) in [7, 11) is 1.72. The van der Waals surface area contributed by atoms with Gasteiger partial charge < -0.3 is 15.3 Å². The van der Waals surface area contributed by atoms with Gasteiger partial charge in [-0.1, -0.05) is 0 Å². The Hall–Kier alpha value is -2.11. The lowest BCUT2D eigenvalue weighted by Gasteiger charge is -2.18. The molecule has 0 atom stereocenters. The van der Waals surface area contributed by atoms with Gasteiger partial charge in [0.25, 0.3) is 0 Å². The molecule has 1 heterocycles. The third kappa shape index (κ3) is 3.67. The molecule has 1 aromatic rings. The van der Waals surface area contributed by atoms with Gasteiger partial charge in [0.05, 0.1) is 12.1 Å². The summed E-state index contributed by atoms with van der Waals surface area (Å²) in [6.45, 7) is 1.90. The van der Waals surface area contributed by atoms with Crippen molar-refractivity contribution in [3.63, 3.8) is 0 Å². The maximum Gasteiger partial charge on any atom is 0.335 e. The van der Waals surface area contributed by atoms with Crippen molar-refractivity contribution in [3.05, 3.63) is 23.4 Å². The quantitative estimate of drug-likeness (QED) is 0.821. The second kappa shape index (κ2) is 5.26. The normalized spacial score (nSPS) is 14.0. The van der Waals surface area contributed by atoms with Gasteiger partial charge in [-0.25, -0.2) is 9.78 Å². The lowest BCUT2D eigenvalue weighted by Crippen LogP contribution is -2.36. The fourth-order valence-corrected chi connectivity index (χ4v) is 1.77. The lowest BCUT2D eigenvalue weighted by atomic mass is 10.2. The molecule has 0 aliphatic heterocycles. The summed E-state index contributed by atoms with van der Waals surface area (Å²) in [5.74, 6) is -0.573. The van der Waals surface area contributed by atoms with Crippen LogP contribution in [0.4, 0.5) is 5.82 Å². The molecule has 1 aliphatic rings. The molecule has 0 unspecified atom stereocenters. The number of hydrogen-bond donors (Lipinski definition) is 2. The Morgan fingerprint density at radius 1 is 1.47 bits per heavy atom. The Kier molecular flexibility index (Phi) is 3.69. The van der Waals surface area contributed by atoms with E-state index in [2.05, 4.69) is 10.3 Å². The predicted octanol–water partition coefficient (Wildman–Crippen LogP) is 0.803. The van der Waals surface area contributed by atoms with Crippen molar-refractivity contribution in [3.8, 4) is 0 Å². The number of aromatic nitrogens is 1. The van der Waals surface area contributed by atoms with Crippen LogP contribution < -0.4 is 10.2 Å². The molecule has 0 bridgehead atoms. The molecule has 0 radical (unpaired) electrons. The second-order valence-corrected chi connectivity index (χ2v) is 4.86. The Bertz CT molecular complexity index is 512. The molecule has 0 spiro atoms. The number of nitrogens with one attached hydrogen (secondary N) is 1. The number of rotatable bonds is 5. The molecule has 1 fully saturated rings. The number of hydrogen-bond acceptors (Lipinski definition) is 4. The van der Waals surface area contributed by atoms with E-state index >= 15 is 0 Å². The Balaban J connectivity index is 2.06. The summed E-state index contributed by atoms with van der Waals surface area (Å²) in [5, 5.41) is 11.9. The van der Waals surface area contributed by atoms with Crippen LogP contribution >= 0.6 is 0 Å². The van der Waals surface area contributed by atoms with Gasteiger partial charge in [-0.3, -0.25) is 4.79 Å². The summed E-state index contributed by atoms with van der Waals surface area (Å²) in [4.78, 5) is 28.6. The average molecular weight is 263 g/mol. The predicted molar refractivity (Wildman–Crippen MR) is 70.4 cm³/mol. The van der Waals surface area contributed by atoms with E-state index in [9.17, 15) is 9.59 Å². The van der Waals surface area contributed by atoms with Crippen LogP contribution in [0.5, 0.6) is 0 Å². The van der Waals surface area contributed by atoms with E-state index < -0.39 is 5.97 Å². The number of carboxylic acid groups (broad SMARTS) is 1. The number of carboxylic acids is 1. The zero-order valence-corrected chi connectivity index (χ0v) is 11.0. The molecule has 1 saturated carbocycles. The number of anilines is 1. The van der Waals surface area contributed by atoms with Gasteiger partial charge in [-0.15, -0.1) is 0 Å². The summed E-state index contributed by atoms with van der Waals surface area (Å²) in [6.07, 6.45) is 2.09. The fourth-order valence-electron chi connectivity index (χ4n) is 1.77. The third-order valence-corrected chi connectivity index (χ3v) is 2.90. The van der Waals surface area contributed by atoms with Crippen molar-refractivity contribution in [1.29, 1.82) is 0 Å². The molecule has 0 saturated heterocycles. The van der Waals surface area contributed by atoms with Crippen molar-refractivity contribution < 1.29 is 14.7 Å². The van der Waals surface area contributed by atoms with E-state index in [1.807, 2.05) is 0 Å². The van der Waals surface area contributed by atoms with Crippen LogP contribution in [0.25, 0.3) is 0 Å². The van der Waals surface area contributed by atoms with Crippen LogP contribution in [-0.4, -0.2) is 41.6 Å². The highest BCUT2D eigenvalue weighted by molar-refractivity contribution is 5.89. The second-order valence-electron chi connectivity index (χ2n) is 4.86. The molecule has 1 aromatic heterocycles. The first-order valence-corrected chi connectivity index (χ1v) is 6.18. The van der Waals surface area contributed by atoms with Gasteiger partial charge in [0.15, 0.2) is 0 Å². The number of likely N-dealkylation sites (N-methyl/N-ethyl adjacent to an activating group) is 1. The zero-order valence-electron chi connectivity index (χ0n) is 11.0. The maximum atomic E-state index is 11.7. The number of aromatic carboxylic acids is 1.